The predicted molar refractivity (Wildman–Crippen MR) is 77.2 cm³/mol. The molecule has 2 rings (SSSR count). The largest absolute Gasteiger partial charge is 0.508 e. The maximum absolute atomic E-state index is 9.37. The molecule has 0 aromatic heterocycles. The molecule has 0 bridgehead atoms. The summed E-state index contributed by atoms with van der Waals surface area (Å²) in [5.74, 6) is 0.943. The highest BCUT2D eigenvalue weighted by Gasteiger charge is 2.08. The van der Waals surface area contributed by atoms with Crippen molar-refractivity contribution in [3.63, 3.8) is 0 Å². The number of halogens is 1. The van der Waals surface area contributed by atoms with Crippen molar-refractivity contribution in [2.45, 2.75) is 20.1 Å². The number of hydrogen-bond acceptors (Lipinski definition) is 3. The van der Waals surface area contributed by atoms with E-state index in [9.17, 15) is 10.2 Å². The Labute approximate surface area is 120 Å². The van der Waals surface area contributed by atoms with E-state index >= 15 is 0 Å². The zero-order valence-electron chi connectivity index (χ0n) is 10.6. The van der Waals surface area contributed by atoms with E-state index in [4.69, 9.17) is 4.74 Å². The molecule has 0 amide bonds. The van der Waals surface area contributed by atoms with Crippen LogP contribution in [0.2, 0.25) is 0 Å². The zero-order chi connectivity index (χ0) is 13.8. The maximum Gasteiger partial charge on any atom is 0.128 e. The highest BCUT2D eigenvalue weighted by molar-refractivity contribution is 9.10. The smallest absolute Gasteiger partial charge is 0.128 e. The molecular weight excluding hydrogens is 308 g/mol. The second kappa shape index (κ2) is 6.08. The lowest BCUT2D eigenvalue weighted by Gasteiger charge is -2.14. The number of aromatic hydroxyl groups is 1. The van der Waals surface area contributed by atoms with Gasteiger partial charge in [0.15, 0.2) is 0 Å². The Kier molecular flexibility index (Phi) is 4.45. The van der Waals surface area contributed by atoms with E-state index in [1.807, 2.05) is 31.2 Å². The van der Waals surface area contributed by atoms with Gasteiger partial charge in [-0.05, 0) is 42.3 Å². The van der Waals surface area contributed by atoms with Gasteiger partial charge in [-0.3, -0.25) is 0 Å². The molecule has 0 spiro atoms. The number of benzene rings is 2. The van der Waals surface area contributed by atoms with Gasteiger partial charge in [0.2, 0.25) is 0 Å². The van der Waals surface area contributed by atoms with Crippen molar-refractivity contribution in [2.24, 2.45) is 0 Å². The van der Waals surface area contributed by atoms with Crippen molar-refractivity contribution in [3.05, 3.63) is 57.6 Å². The van der Waals surface area contributed by atoms with Crippen LogP contribution in [0.3, 0.4) is 0 Å². The summed E-state index contributed by atoms with van der Waals surface area (Å²) in [5.41, 5.74) is 2.69. The third-order valence-electron chi connectivity index (χ3n) is 2.81. The lowest BCUT2D eigenvalue weighted by atomic mass is 10.1. The van der Waals surface area contributed by atoms with E-state index in [0.29, 0.717) is 12.4 Å². The number of rotatable bonds is 4. The Morgan fingerprint density at radius 1 is 1.16 bits per heavy atom. The van der Waals surface area contributed by atoms with Crippen LogP contribution >= 0.6 is 15.9 Å². The zero-order valence-corrected chi connectivity index (χ0v) is 12.1. The molecule has 0 saturated heterocycles. The second-order valence-corrected chi connectivity index (χ2v) is 5.24. The number of phenols is 1. The number of phenolic OH excluding ortho intramolecular Hbond substituents is 1. The number of aliphatic hydroxyl groups is 1. The van der Waals surface area contributed by atoms with Crippen molar-refractivity contribution >= 4 is 15.9 Å². The molecule has 100 valence electrons. The Morgan fingerprint density at radius 2 is 1.84 bits per heavy atom. The Hall–Kier alpha value is -1.52. The van der Waals surface area contributed by atoms with Gasteiger partial charge < -0.3 is 14.9 Å². The first-order valence-corrected chi connectivity index (χ1v) is 6.70. The van der Waals surface area contributed by atoms with E-state index in [2.05, 4.69) is 15.9 Å². The monoisotopic (exact) mass is 322 g/mol. The summed E-state index contributed by atoms with van der Waals surface area (Å²) in [6, 6.07) is 10.7. The highest BCUT2D eigenvalue weighted by Crippen LogP contribution is 2.29. The second-order valence-electron chi connectivity index (χ2n) is 4.32. The van der Waals surface area contributed by atoms with E-state index in [1.54, 1.807) is 12.1 Å². The van der Waals surface area contributed by atoms with E-state index in [-0.39, 0.29) is 12.4 Å². The van der Waals surface area contributed by atoms with Crippen LogP contribution < -0.4 is 4.74 Å². The van der Waals surface area contributed by atoms with E-state index in [1.165, 1.54) is 0 Å². The van der Waals surface area contributed by atoms with Crippen molar-refractivity contribution in [2.75, 3.05) is 0 Å². The van der Waals surface area contributed by atoms with Crippen LogP contribution in [-0.2, 0) is 13.2 Å². The normalized spacial score (nSPS) is 10.5. The quantitative estimate of drug-likeness (QED) is 0.905. The molecule has 0 unspecified atom stereocenters. The standard InChI is InChI=1S/C15H15BrO3/c1-10-6-13(16)7-12(8-17)15(10)19-9-11-2-4-14(18)5-3-11/h2-7,17-18H,8-9H2,1H3. The molecule has 0 heterocycles. The first-order valence-electron chi connectivity index (χ1n) is 5.90. The number of ether oxygens (including phenoxy) is 1. The summed E-state index contributed by atoms with van der Waals surface area (Å²) in [4.78, 5) is 0. The molecule has 0 fully saturated rings. The average molecular weight is 323 g/mol. The molecule has 4 heteroatoms. The minimum Gasteiger partial charge on any atom is -0.508 e. The molecule has 3 nitrogen and oxygen atoms in total. The van der Waals surface area contributed by atoms with Crippen molar-refractivity contribution in [3.8, 4) is 11.5 Å². The summed E-state index contributed by atoms with van der Waals surface area (Å²) in [5, 5.41) is 18.6. The van der Waals surface area contributed by atoms with Gasteiger partial charge in [-0.15, -0.1) is 0 Å². The van der Waals surface area contributed by atoms with Gasteiger partial charge in [0.1, 0.15) is 18.1 Å². The fourth-order valence-electron chi connectivity index (χ4n) is 1.87. The van der Waals surface area contributed by atoms with Gasteiger partial charge in [0.25, 0.3) is 0 Å². The predicted octanol–water partition coefficient (Wildman–Crippen LogP) is 3.53. The molecule has 0 aliphatic heterocycles. The maximum atomic E-state index is 9.37. The fraction of sp³-hybridized carbons (Fsp3) is 0.200. The third-order valence-corrected chi connectivity index (χ3v) is 3.26. The summed E-state index contributed by atoms with van der Waals surface area (Å²) in [6.07, 6.45) is 0. The van der Waals surface area contributed by atoms with Gasteiger partial charge in [-0.2, -0.15) is 0 Å². The van der Waals surface area contributed by atoms with Gasteiger partial charge >= 0.3 is 0 Å². The topological polar surface area (TPSA) is 49.7 Å². The minimum absolute atomic E-state index is 0.0643. The van der Waals surface area contributed by atoms with Gasteiger partial charge in [-0.1, -0.05) is 28.1 Å². The molecule has 0 aliphatic rings. The molecular formula is C15H15BrO3. The molecule has 0 atom stereocenters. The molecule has 2 aromatic rings. The van der Waals surface area contributed by atoms with Crippen molar-refractivity contribution in [1.29, 1.82) is 0 Å². The number of hydrogen-bond donors (Lipinski definition) is 2. The number of aryl methyl sites for hydroxylation is 1. The first kappa shape index (κ1) is 13.9. The van der Waals surface area contributed by atoms with Crippen LogP contribution in [0.1, 0.15) is 16.7 Å². The van der Waals surface area contributed by atoms with E-state index < -0.39 is 0 Å². The summed E-state index contributed by atoms with van der Waals surface area (Å²) >= 11 is 3.40. The minimum atomic E-state index is -0.0643. The summed E-state index contributed by atoms with van der Waals surface area (Å²) in [6.45, 7) is 2.27. The SMILES string of the molecule is Cc1cc(Br)cc(CO)c1OCc1ccc(O)cc1. The Balaban J connectivity index is 2.17. The highest BCUT2D eigenvalue weighted by atomic mass is 79.9. The lowest BCUT2D eigenvalue weighted by Crippen LogP contribution is -2.01. The van der Waals surface area contributed by atoms with Gasteiger partial charge in [-0.25, -0.2) is 0 Å². The first-order chi connectivity index (χ1) is 9.10. The van der Waals surface area contributed by atoms with Crippen LogP contribution in [0.15, 0.2) is 40.9 Å². The van der Waals surface area contributed by atoms with Crippen molar-refractivity contribution < 1.29 is 14.9 Å². The van der Waals surface area contributed by atoms with Crippen molar-refractivity contribution in [1.82, 2.24) is 0 Å². The van der Waals surface area contributed by atoms with Crippen LogP contribution in [0.5, 0.6) is 11.5 Å². The molecule has 0 aliphatic carbocycles. The summed E-state index contributed by atoms with van der Waals surface area (Å²) in [7, 11) is 0. The Bertz CT molecular complexity index is 564. The average Bonchev–Trinajstić information content (AvgIpc) is 2.39. The van der Waals surface area contributed by atoms with Gasteiger partial charge in [0, 0.05) is 10.0 Å². The Morgan fingerprint density at radius 3 is 2.47 bits per heavy atom. The lowest BCUT2D eigenvalue weighted by molar-refractivity contribution is 0.258. The molecule has 2 N–H and O–H groups in total. The molecule has 19 heavy (non-hydrogen) atoms. The van der Waals surface area contributed by atoms with Crippen LogP contribution in [0.4, 0.5) is 0 Å². The van der Waals surface area contributed by atoms with Gasteiger partial charge in [0.05, 0.1) is 6.61 Å². The van der Waals surface area contributed by atoms with E-state index in [0.717, 1.165) is 21.2 Å². The third kappa shape index (κ3) is 3.49. The number of aliphatic hydroxyl groups excluding tert-OH is 1. The van der Waals surface area contributed by atoms with Crippen LogP contribution in [0.25, 0.3) is 0 Å². The fourth-order valence-corrected chi connectivity index (χ4v) is 2.49. The van der Waals surface area contributed by atoms with Crippen LogP contribution in [0, 0.1) is 6.92 Å². The van der Waals surface area contributed by atoms with Crippen LogP contribution in [-0.4, -0.2) is 10.2 Å². The summed E-state index contributed by atoms with van der Waals surface area (Å²) < 4.78 is 6.70. The molecule has 0 radical (unpaired) electrons. The molecule has 2 aromatic carbocycles. The molecule has 0 saturated carbocycles.